The SMILES string of the molecule is CN1CCCC2(Cc3ccccc3CN(C(=O)Cc3ccc(O)cc3)C2)C1. The second kappa shape index (κ2) is 7.35. The maximum absolute atomic E-state index is 13.2. The highest BCUT2D eigenvalue weighted by Gasteiger charge is 2.39. The van der Waals surface area contributed by atoms with Crippen LogP contribution in [0.3, 0.4) is 0 Å². The molecule has 1 N–H and O–H groups in total. The van der Waals surface area contributed by atoms with Crippen LogP contribution in [0.5, 0.6) is 5.75 Å². The summed E-state index contributed by atoms with van der Waals surface area (Å²) in [6.45, 7) is 3.71. The van der Waals surface area contributed by atoms with Crippen molar-refractivity contribution >= 4 is 5.91 Å². The number of carbonyl (C=O) groups excluding carboxylic acids is 1. The van der Waals surface area contributed by atoms with E-state index in [9.17, 15) is 9.90 Å². The molecule has 2 aliphatic rings. The lowest BCUT2D eigenvalue weighted by Crippen LogP contribution is -2.49. The number of phenols is 1. The lowest BCUT2D eigenvalue weighted by molar-refractivity contribution is -0.133. The van der Waals surface area contributed by atoms with Gasteiger partial charge in [-0.15, -0.1) is 0 Å². The number of carbonyl (C=O) groups is 1. The van der Waals surface area contributed by atoms with Gasteiger partial charge in [-0.2, -0.15) is 0 Å². The number of benzene rings is 2. The van der Waals surface area contributed by atoms with Crippen LogP contribution in [0.25, 0.3) is 0 Å². The standard InChI is InChI=1S/C23H28N2O2/c1-24-12-4-11-23(16-24)14-19-5-2-3-6-20(19)15-25(17-23)22(27)13-18-7-9-21(26)10-8-18/h2-3,5-10,26H,4,11-17H2,1H3. The summed E-state index contributed by atoms with van der Waals surface area (Å²) in [4.78, 5) is 17.7. The zero-order valence-corrected chi connectivity index (χ0v) is 16.0. The molecule has 0 saturated carbocycles. The highest BCUT2D eigenvalue weighted by atomic mass is 16.3. The van der Waals surface area contributed by atoms with Gasteiger partial charge in [-0.1, -0.05) is 36.4 Å². The van der Waals surface area contributed by atoms with Crippen molar-refractivity contribution in [2.45, 2.75) is 32.2 Å². The third-order valence-corrected chi connectivity index (χ3v) is 6.07. The van der Waals surface area contributed by atoms with Crippen LogP contribution in [0.15, 0.2) is 48.5 Å². The van der Waals surface area contributed by atoms with Crippen molar-refractivity contribution in [1.82, 2.24) is 9.80 Å². The Balaban J connectivity index is 1.61. The molecule has 1 fully saturated rings. The lowest BCUT2D eigenvalue weighted by atomic mass is 9.75. The van der Waals surface area contributed by atoms with Crippen molar-refractivity contribution in [2.24, 2.45) is 5.41 Å². The van der Waals surface area contributed by atoms with Crippen LogP contribution in [0.2, 0.25) is 0 Å². The van der Waals surface area contributed by atoms with Gasteiger partial charge in [0.1, 0.15) is 5.75 Å². The fraction of sp³-hybridized carbons (Fsp3) is 0.435. The smallest absolute Gasteiger partial charge is 0.227 e. The molecule has 0 aromatic heterocycles. The molecule has 27 heavy (non-hydrogen) atoms. The van der Waals surface area contributed by atoms with E-state index in [1.165, 1.54) is 24.0 Å². The first-order valence-electron chi connectivity index (χ1n) is 9.84. The summed E-state index contributed by atoms with van der Waals surface area (Å²) in [5.41, 5.74) is 3.77. The van der Waals surface area contributed by atoms with Crippen molar-refractivity contribution in [3.63, 3.8) is 0 Å². The van der Waals surface area contributed by atoms with Gasteiger partial charge in [0.15, 0.2) is 0 Å². The first-order chi connectivity index (χ1) is 13.0. The summed E-state index contributed by atoms with van der Waals surface area (Å²) in [6, 6.07) is 15.6. The minimum absolute atomic E-state index is 0.143. The van der Waals surface area contributed by atoms with Crippen molar-refractivity contribution in [3.05, 3.63) is 65.2 Å². The normalized spacial score (nSPS) is 23.1. The number of hydrogen-bond donors (Lipinski definition) is 1. The lowest BCUT2D eigenvalue weighted by Gasteiger charge is -2.43. The van der Waals surface area contributed by atoms with E-state index in [4.69, 9.17) is 0 Å². The van der Waals surface area contributed by atoms with Crippen LogP contribution in [0.4, 0.5) is 0 Å². The van der Waals surface area contributed by atoms with Crippen molar-refractivity contribution in [2.75, 3.05) is 26.7 Å². The van der Waals surface area contributed by atoms with E-state index in [1.54, 1.807) is 12.1 Å². The van der Waals surface area contributed by atoms with Gasteiger partial charge in [0.25, 0.3) is 0 Å². The summed E-state index contributed by atoms with van der Waals surface area (Å²) in [5.74, 6) is 0.407. The average molecular weight is 364 g/mol. The highest BCUT2D eigenvalue weighted by molar-refractivity contribution is 5.79. The Morgan fingerprint density at radius 2 is 1.81 bits per heavy atom. The number of piperidine rings is 1. The molecule has 4 heteroatoms. The maximum Gasteiger partial charge on any atom is 0.227 e. The maximum atomic E-state index is 13.2. The Hall–Kier alpha value is -2.33. The molecule has 1 amide bonds. The number of hydrogen-bond acceptors (Lipinski definition) is 3. The summed E-state index contributed by atoms with van der Waals surface area (Å²) in [7, 11) is 2.19. The van der Waals surface area contributed by atoms with Gasteiger partial charge < -0.3 is 14.9 Å². The molecule has 2 aliphatic heterocycles. The van der Waals surface area contributed by atoms with Crippen LogP contribution < -0.4 is 0 Å². The van der Waals surface area contributed by atoms with E-state index in [0.717, 1.165) is 31.6 Å². The molecular weight excluding hydrogens is 336 g/mol. The van der Waals surface area contributed by atoms with Crippen molar-refractivity contribution in [3.8, 4) is 5.75 Å². The zero-order valence-electron chi connectivity index (χ0n) is 16.0. The number of rotatable bonds is 2. The molecule has 0 aliphatic carbocycles. The van der Waals surface area contributed by atoms with Crippen LogP contribution >= 0.6 is 0 Å². The molecule has 2 aromatic rings. The number of aromatic hydroxyl groups is 1. The second-order valence-electron chi connectivity index (χ2n) is 8.38. The molecule has 142 valence electrons. The van der Waals surface area contributed by atoms with Crippen LogP contribution in [0.1, 0.15) is 29.5 Å². The quantitative estimate of drug-likeness (QED) is 0.890. The summed E-state index contributed by atoms with van der Waals surface area (Å²) in [6.07, 6.45) is 3.80. The average Bonchev–Trinajstić information content (AvgIpc) is 2.80. The fourth-order valence-corrected chi connectivity index (χ4v) is 4.82. The van der Waals surface area contributed by atoms with E-state index < -0.39 is 0 Å². The Morgan fingerprint density at radius 3 is 2.56 bits per heavy atom. The number of fused-ring (bicyclic) bond motifs is 1. The zero-order chi connectivity index (χ0) is 18.9. The third kappa shape index (κ3) is 4.01. The van der Waals surface area contributed by atoms with E-state index in [0.29, 0.717) is 13.0 Å². The number of nitrogens with zero attached hydrogens (tertiary/aromatic N) is 2. The molecular formula is C23H28N2O2. The highest BCUT2D eigenvalue weighted by Crippen LogP contribution is 2.38. The molecule has 4 nitrogen and oxygen atoms in total. The predicted molar refractivity (Wildman–Crippen MR) is 107 cm³/mol. The fourth-order valence-electron chi connectivity index (χ4n) is 4.82. The molecule has 1 atom stereocenters. The first-order valence-corrected chi connectivity index (χ1v) is 9.84. The Bertz CT molecular complexity index is 817. The molecule has 4 rings (SSSR count). The van der Waals surface area contributed by atoms with Gasteiger partial charge in [-0.25, -0.2) is 0 Å². The van der Waals surface area contributed by atoms with Gasteiger partial charge in [0.05, 0.1) is 6.42 Å². The summed E-state index contributed by atoms with van der Waals surface area (Å²) in [5, 5.41) is 9.48. The van der Waals surface area contributed by atoms with Crippen molar-refractivity contribution < 1.29 is 9.90 Å². The van der Waals surface area contributed by atoms with Gasteiger partial charge in [-0.3, -0.25) is 4.79 Å². The molecule has 2 heterocycles. The third-order valence-electron chi connectivity index (χ3n) is 6.07. The number of phenolic OH excluding ortho intramolecular Hbond substituents is 1. The predicted octanol–water partition coefficient (Wildman–Crippen LogP) is 3.23. The van der Waals surface area contributed by atoms with Gasteiger partial charge in [0, 0.05) is 25.0 Å². The van der Waals surface area contributed by atoms with Crippen LogP contribution in [0, 0.1) is 5.41 Å². The number of likely N-dealkylation sites (tertiary alicyclic amines) is 1. The minimum Gasteiger partial charge on any atom is -0.508 e. The van der Waals surface area contributed by atoms with E-state index in [2.05, 4.69) is 41.1 Å². The van der Waals surface area contributed by atoms with E-state index in [1.807, 2.05) is 12.1 Å². The molecule has 1 saturated heterocycles. The van der Waals surface area contributed by atoms with Gasteiger partial charge in [0.2, 0.25) is 5.91 Å². The van der Waals surface area contributed by atoms with Gasteiger partial charge >= 0.3 is 0 Å². The Morgan fingerprint density at radius 1 is 1.07 bits per heavy atom. The van der Waals surface area contributed by atoms with Crippen LogP contribution in [-0.4, -0.2) is 47.5 Å². The minimum atomic E-state index is 0.143. The number of amides is 1. The first kappa shape index (κ1) is 18.1. The molecule has 2 aromatic carbocycles. The Labute approximate surface area is 161 Å². The van der Waals surface area contributed by atoms with Crippen LogP contribution in [-0.2, 0) is 24.2 Å². The Kier molecular flexibility index (Phi) is 4.92. The van der Waals surface area contributed by atoms with E-state index in [-0.39, 0.29) is 17.1 Å². The topological polar surface area (TPSA) is 43.8 Å². The van der Waals surface area contributed by atoms with Crippen molar-refractivity contribution in [1.29, 1.82) is 0 Å². The summed E-state index contributed by atoms with van der Waals surface area (Å²) >= 11 is 0. The molecule has 0 radical (unpaired) electrons. The molecule has 1 spiro atoms. The molecule has 1 unspecified atom stereocenters. The van der Waals surface area contributed by atoms with Gasteiger partial charge in [-0.05, 0) is 61.7 Å². The van der Waals surface area contributed by atoms with E-state index >= 15 is 0 Å². The largest absolute Gasteiger partial charge is 0.508 e. The molecule has 0 bridgehead atoms. The monoisotopic (exact) mass is 364 g/mol. The second-order valence-corrected chi connectivity index (χ2v) is 8.38. The summed E-state index contributed by atoms with van der Waals surface area (Å²) < 4.78 is 0.